The molecule has 0 aromatic carbocycles. The van der Waals surface area contributed by atoms with E-state index in [9.17, 15) is 8.42 Å². The van der Waals surface area contributed by atoms with Crippen molar-refractivity contribution < 1.29 is 8.42 Å². The van der Waals surface area contributed by atoms with Crippen LogP contribution in [0.25, 0.3) is 0 Å². The summed E-state index contributed by atoms with van der Waals surface area (Å²) < 4.78 is 25.1. The van der Waals surface area contributed by atoms with Gasteiger partial charge >= 0.3 is 0 Å². The lowest BCUT2D eigenvalue weighted by atomic mass is 10.2. The van der Waals surface area contributed by atoms with Gasteiger partial charge < -0.3 is 5.73 Å². The van der Waals surface area contributed by atoms with Crippen LogP contribution in [0.2, 0.25) is 0 Å². The molecule has 5 heteroatoms. The van der Waals surface area contributed by atoms with E-state index in [0.29, 0.717) is 26.1 Å². The molecular formula is C9H20N2O2S. The van der Waals surface area contributed by atoms with Crippen molar-refractivity contribution in [1.82, 2.24) is 4.31 Å². The minimum Gasteiger partial charge on any atom is -0.330 e. The first-order valence-corrected chi connectivity index (χ1v) is 6.95. The molecule has 0 radical (unpaired) electrons. The summed E-state index contributed by atoms with van der Waals surface area (Å²) in [6, 6.07) is 0. The molecule has 84 valence electrons. The second-order valence-electron chi connectivity index (χ2n) is 3.77. The third-order valence-corrected chi connectivity index (χ3v) is 4.52. The molecule has 4 nitrogen and oxygen atoms in total. The summed E-state index contributed by atoms with van der Waals surface area (Å²) in [5.74, 6) is 0.268. The Morgan fingerprint density at radius 3 is 2.29 bits per heavy atom. The van der Waals surface area contributed by atoms with Crippen LogP contribution in [-0.2, 0) is 10.0 Å². The van der Waals surface area contributed by atoms with E-state index < -0.39 is 10.0 Å². The number of nitrogens with zero attached hydrogens (tertiary/aromatic N) is 1. The molecule has 1 saturated heterocycles. The normalized spacial score (nSPS) is 19.8. The van der Waals surface area contributed by atoms with Crippen LogP contribution in [0.4, 0.5) is 0 Å². The fourth-order valence-electron chi connectivity index (χ4n) is 1.70. The van der Waals surface area contributed by atoms with Crippen LogP contribution in [-0.4, -0.2) is 38.1 Å². The smallest absolute Gasteiger partial charge is 0.214 e. The molecule has 1 aliphatic heterocycles. The molecule has 0 saturated carbocycles. The van der Waals surface area contributed by atoms with Crippen LogP contribution in [0.1, 0.15) is 32.1 Å². The number of sulfonamides is 1. The maximum Gasteiger partial charge on any atom is 0.214 e. The van der Waals surface area contributed by atoms with Gasteiger partial charge in [0.25, 0.3) is 0 Å². The van der Waals surface area contributed by atoms with Crippen LogP contribution < -0.4 is 5.73 Å². The van der Waals surface area contributed by atoms with Crippen LogP contribution in [0.5, 0.6) is 0 Å². The van der Waals surface area contributed by atoms with Crippen molar-refractivity contribution >= 4 is 10.0 Å². The van der Waals surface area contributed by atoms with E-state index in [-0.39, 0.29) is 5.75 Å². The minimum atomic E-state index is -2.98. The number of hydrogen-bond donors (Lipinski definition) is 1. The van der Waals surface area contributed by atoms with Gasteiger partial charge in [0.05, 0.1) is 5.75 Å². The van der Waals surface area contributed by atoms with Crippen molar-refractivity contribution in [3.8, 4) is 0 Å². The van der Waals surface area contributed by atoms with Gasteiger partial charge in [-0.1, -0.05) is 6.42 Å². The van der Waals surface area contributed by atoms with Crippen molar-refractivity contribution in [2.75, 3.05) is 25.4 Å². The van der Waals surface area contributed by atoms with Crippen molar-refractivity contribution in [3.63, 3.8) is 0 Å². The summed E-state index contributed by atoms with van der Waals surface area (Å²) in [7, 11) is -2.98. The number of hydrogen-bond acceptors (Lipinski definition) is 3. The van der Waals surface area contributed by atoms with Gasteiger partial charge in [0.15, 0.2) is 0 Å². The van der Waals surface area contributed by atoms with E-state index in [1.807, 2.05) is 0 Å². The summed E-state index contributed by atoms with van der Waals surface area (Å²) in [6.45, 7) is 2.01. The molecule has 1 fully saturated rings. The Morgan fingerprint density at radius 2 is 1.71 bits per heavy atom. The zero-order chi connectivity index (χ0) is 10.4. The average Bonchev–Trinajstić information content (AvgIpc) is 2.19. The topological polar surface area (TPSA) is 63.4 Å². The molecule has 0 atom stereocenters. The third-order valence-electron chi connectivity index (χ3n) is 2.56. The average molecular weight is 220 g/mol. The lowest BCUT2D eigenvalue weighted by Crippen LogP contribution is -2.37. The Morgan fingerprint density at radius 1 is 1.07 bits per heavy atom. The maximum absolute atomic E-state index is 11.7. The quantitative estimate of drug-likeness (QED) is 0.688. The molecule has 0 aromatic rings. The highest BCUT2D eigenvalue weighted by Crippen LogP contribution is 2.14. The van der Waals surface area contributed by atoms with E-state index in [4.69, 9.17) is 5.73 Å². The van der Waals surface area contributed by atoms with Crippen molar-refractivity contribution in [1.29, 1.82) is 0 Å². The number of unbranched alkanes of at least 4 members (excludes halogenated alkanes) is 1. The van der Waals surface area contributed by atoms with Gasteiger partial charge in [-0.2, -0.15) is 0 Å². The summed E-state index contributed by atoms with van der Waals surface area (Å²) in [4.78, 5) is 0. The summed E-state index contributed by atoms with van der Waals surface area (Å²) >= 11 is 0. The molecule has 2 N–H and O–H groups in total. The first kappa shape index (κ1) is 11.9. The fourth-order valence-corrected chi connectivity index (χ4v) is 3.34. The van der Waals surface area contributed by atoms with Gasteiger partial charge in [-0.3, -0.25) is 0 Å². The minimum absolute atomic E-state index is 0.268. The Bertz CT molecular complexity index is 246. The van der Waals surface area contributed by atoms with E-state index in [1.54, 1.807) is 4.31 Å². The first-order chi connectivity index (χ1) is 6.67. The highest BCUT2D eigenvalue weighted by Gasteiger charge is 2.22. The van der Waals surface area contributed by atoms with Gasteiger partial charge in [-0.25, -0.2) is 12.7 Å². The summed E-state index contributed by atoms with van der Waals surface area (Å²) in [5.41, 5.74) is 5.33. The fraction of sp³-hybridized carbons (Fsp3) is 1.00. The molecule has 0 bridgehead atoms. The third kappa shape index (κ3) is 3.55. The van der Waals surface area contributed by atoms with Crippen LogP contribution >= 0.6 is 0 Å². The Labute approximate surface area is 86.5 Å². The number of nitrogens with two attached hydrogens (primary N) is 1. The molecule has 0 spiro atoms. The van der Waals surface area contributed by atoms with Gasteiger partial charge in [0.1, 0.15) is 0 Å². The molecule has 1 heterocycles. The Hall–Kier alpha value is -0.130. The van der Waals surface area contributed by atoms with Crippen molar-refractivity contribution in [2.24, 2.45) is 5.73 Å². The molecular weight excluding hydrogens is 200 g/mol. The second kappa shape index (κ2) is 5.68. The van der Waals surface area contributed by atoms with Crippen molar-refractivity contribution in [2.45, 2.75) is 32.1 Å². The predicted octanol–water partition coefficient (Wildman–Crippen LogP) is 0.541. The lowest BCUT2D eigenvalue weighted by Gasteiger charge is -2.25. The highest BCUT2D eigenvalue weighted by molar-refractivity contribution is 7.89. The molecule has 0 aromatic heterocycles. The van der Waals surface area contributed by atoms with E-state index in [2.05, 4.69) is 0 Å². The highest BCUT2D eigenvalue weighted by atomic mass is 32.2. The Kier molecular flexibility index (Phi) is 4.84. The zero-order valence-corrected chi connectivity index (χ0v) is 9.43. The van der Waals surface area contributed by atoms with Gasteiger partial charge in [0.2, 0.25) is 10.0 Å². The number of piperidine rings is 1. The second-order valence-corrected chi connectivity index (χ2v) is 5.86. The van der Waals surface area contributed by atoms with Crippen molar-refractivity contribution in [3.05, 3.63) is 0 Å². The first-order valence-electron chi connectivity index (χ1n) is 5.35. The monoisotopic (exact) mass is 220 g/mol. The van der Waals surface area contributed by atoms with Crippen LogP contribution in [0.3, 0.4) is 0 Å². The molecule has 0 amide bonds. The molecule has 1 rings (SSSR count). The van der Waals surface area contributed by atoms with E-state index >= 15 is 0 Å². The maximum atomic E-state index is 11.7. The van der Waals surface area contributed by atoms with Crippen LogP contribution in [0.15, 0.2) is 0 Å². The lowest BCUT2D eigenvalue weighted by molar-refractivity contribution is 0.346. The standard InChI is InChI=1S/C9H20N2O2S/c10-6-2-5-9-14(12,13)11-7-3-1-4-8-11/h1-10H2. The summed E-state index contributed by atoms with van der Waals surface area (Å²) in [5, 5.41) is 0. The van der Waals surface area contributed by atoms with Gasteiger partial charge in [0, 0.05) is 13.1 Å². The van der Waals surface area contributed by atoms with Gasteiger partial charge in [-0.05, 0) is 32.2 Å². The largest absolute Gasteiger partial charge is 0.330 e. The summed E-state index contributed by atoms with van der Waals surface area (Å²) in [6.07, 6.45) is 4.67. The molecule has 0 unspecified atom stereocenters. The predicted molar refractivity (Wildman–Crippen MR) is 57.5 cm³/mol. The van der Waals surface area contributed by atoms with E-state index in [0.717, 1.165) is 25.7 Å². The molecule has 1 aliphatic rings. The van der Waals surface area contributed by atoms with Crippen LogP contribution in [0, 0.1) is 0 Å². The zero-order valence-electron chi connectivity index (χ0n) is 8.61. The SMILES string of the molecule is NCCCCS(=O)(=O)N1CCCCC1. The molecule has 14 heavy (non-hydrogen) atoms. The Balaban J connectivity index is 2.38. The van der Waals surface area contributed by atoms with Gasteiger partial charge in [-0.15, -0.1) is 0 Å². The van der Waals surface area contributed by atoms with E-state index in [1.165, 1.54) is 0 Å². The molecule has 0 aliphatic carbocycles. The number of rotatable bonds is 5.